The molecule has 0 saturated carbocycles. The lowest BCUT2D eigenvalue weighted by atomic mass is 9.74. The van der Waals surface area contributed by atoms with Crippen molar-refractivity contribution in [1.82, 2.24) is 4.90 Å². The molecule has 0 saturated heterocycles. The van der Waals surface area contributed by atoms with Gasteiger partial charge in [-0.3, -0.25) is 9.69 Å². The molecule has 148 valence electrons. The molecule has 0 fully saturated rings. The molecule has 0 spiro atoms. The number of nitrogens with two attached hydrogens (primary N) is 1. The maximum Gasteiger partial charge on any atom is 0.270 e. The van der Waals surface area contributed by atoms with Crippen LogP contribution in [0.2, 0.25) is 0 Å². The number of halogens is 4. The average Bonchev–Trinajstić information content (AvgIpc) is 2.62. The number of likely N-dealkylation sites (N-methyl/N-ethyl adjacent to an activating group) is 1. The van der Waals surface area contributed by atoms with Gasteiger partial charge in [-0.1, -0.05) is 36.4 Å². The van der Waals surface area contributed by atoms with Crippen LogP contribution in [0.25, 0.3) is 0 Å². The van der Waals surface area contributed by atoms with Gasteiger partial charge >= 0.3 is 0 Å². The smallest absolute Gasteiger partial charge is 0.270 e. The summed E-state index contributed by atoms with van der Waals surface area (Å²) in [5.74, 6) is -4.94. The Kier molecular flexibility index (Phi) is 5.04. The molecule has 1 amide bonds. The van der Waals surface area contributed by atoms with Crippen LogP contribution in [0, 0.1) is 5.82 Å². The van der Waals surface area contributed by atoms with Crippen LogP contribution in [0.3, 0.4) is 0 Å². The van der Waals surface area contributed by atoms with E-state index < -0.39 is 29.1 Å². The third kappa shape index (κ3) is 3.30. The molecule has 0 bridgehead atoms. The van der Waals surface area contributed by atoms with Gasteiger partial charge in [0, 0.05) is 25.1 Å². The quantitative estimate of drug-likeness (QED) is 0.744. The Morgan fingerprint density at radius 3 is 2.39 bits per heavy atom. The number of carbonyl (C=O) groups excluding carboxylic acids is 1. The molecule has 8 heteroatoms. The topological polar surface area (TPSA) is 58.7 Å². The van der Waals surface area contributed by atoms with Crippen molar-refractivity contribution in [2.45, 2.75) is 31.2 Å². The molecule has 1 aliphatic rings. The molecule has 0 unspecified atom stereocenters. The number of benzene rings is 2. The fraction of sp³-hybridized carbons (Fsp3) is 0.300. The lowest BCUT2D eigenvalue weighted by molar-refractivity contribution is -0.130. The van der Waals surface area contributed by atoms with Gasteiger partial charge in [-0.15, -0.1) is 0 Å². The summed E-state index contributed by atoms with van der Waals surface area (Å²) in [7, 11) is 1.47. The molecule has 4 nitrogen and oxygen atoms in total. The second-order valence-electron chi connectivity index (χ2n) is 7.06. The van der Waals surface area contributed by atoms with E-state index in [1.54, 1.807) is 19.1 Å². The van der Waals surface area contributed by atoms with E-state index >= 15 is 0 Å². The molecule has 2 aromatic carbocycles. The van der Waals surface area contributed by atoms with Gasteiger partial charge in [-0.2, -0.15) is 0 Å². The first-order valence-electron chi connectivity index (χ1n) is 8.52. The highest BCUT2D eigenvalue weighted by atomic mass is 79.9. The van der Waals surface area contributed by atoms with E-state index in [1.807, 2.05) is 0 Å². The van der Waals surface area contributed by atoms with Crippen LogP contribution < -0.4 is 5.73 Å². The van der Waals surface area contributed by atoms with Crippen molar-refractivity contribution in [2.24, 2.45) is 10.7 Å². The highest BCUT2D eigenvalue weighted by Crippen LogP contribution is 2.45. The number of hydrogen-bond acceptors (Lipinski definition) is 3. The van der Waals surface area contributed by atoms with Crippen LogP contribution in [-0.4, -0.2) is 23.8 Å². The van der Waals surface area contributed by atoms with Crippen molar-refractivity contribution in [3.05, 3.63) is 69.4 Å². The molecule has 3 rings (SSSR count). The summed E-state index contributed by atoms with van der Waals surface area (Å²) >= 11 is 3.15. The van der Waals surface area contributed by atoms with Gasteiger partial charge < -0.3 is 5.73 Å². The van der Waals surface area contributed by atoms with E-state index in [4.69, 9.17) is 5.73 Å². The first-order chi connectivity index (χ1) is 13.0. The van der Waals surface area contributed by atoms with Crippen molar-refractivity contribution in [2.75, 3.05) is 7.05 Å². The number of amides is 1. The van der Waals surface area contributed by atoms with Crippen LogP contribution in [-0.2, 0) is 16.3 Å². The van der Waals surface area contributed by atoms with Crippen molar-refractivity contribution in [3.8, 4) is 0 Å². The summed E-state index contributed by atoms with van der Waals surface area (Å²) in [4.78, 5) is 18.7. The number of alkyl halides is 2. The molecule has 1 heterocycles. The van der Waals surface area contributed by atoms with Gasteiger partial charge in [0.15, 0.2) is 5.96 Å². The van der Waals surface area contributed by atoms with Crippen LogP contribution in [0.5, 0.6) is 0 Å². The summed E-state index contributed by atoms with van der Waals surface area (Å²) in [6.07, 6.45) is 0. The van der Waals surface area contributed by atoms with Gasteiger partial charge in [0.2, 0.25) is 5.91 Å². The number of guanidine groups is 1. The molecule has 2 atom stereocenters. The van der Waals surface area contributed by atoms with Gasteiger partial charge in [0.25, 0.3) is 5.92 Å². The van der Waals surface area contributed by atoms with Crippen LogP contribution >= 0.6 is 15.9 Å². The van der Waals surface area contributed by atoms with Crippen molar-refractivity contribution < 1.29 is 18.0 Å². The van der Waals surface area contributed by atoms with Crippen molar-refractivity contribution in [3.63, 3.8) is 0 Å². The van der Waals surface area contributed by atoms with E-state index in [2.05, 4.69) is 20.9 Å². The van der Waals surface area contributed by atoms with E-state index in [9.17, 15) is 18.0 Å². The molecule has 0 radical (unpaired) electrons. The number of hydrogen-bond donors (Lipinski definition) is 1. The summed E-state index contributed by atoms with van der Waals surface area (Å²) < 4.78 is 42.3. The molecular weight excluding hydrogens is 435 g/mol. The highest BCUT2D eigenvalue weighted by Gasteiger charge is 2.48. The van der Waals surface area contributed by atoms with E-state index in [1.165, 1.54) is 42.3 Å². The molecule has 0 aromatic heterocycles. The average molecular weight is 454 g/mol. The fourth-order valence-corrected chi connectivity index (χ4v) is 3.84. The largest absolute Gasteiger partial charge is 0.369 e. The molecular formula is C20H19BrF3N3O. The molecule has 2 N–H and O–H groups in total. The zero-order valence-corrected chi connectivity index (χ0v) is 17.1. The number of nitrogens with zero attached hydrogens (tertiary/aromatic N) is 2. The van der Waals surface area contributed by atoms with Crippen LogP contribution in [0.4, 0.5) is 13.2 Å². The monoisotopic (exact) mass is 453 g/mol. The predicted molar refractivity (Wildman–Crippen MR) is 105 cm³/mol. The highest BCUT2D eigenvalue weighted by molar-refractivity contribution is 9.10. The summed E-state index contributed by atoms with van der Waals surface area (Å²) in [6.45, 7) is 2.41. The van der Waals surface area contributed by atoms with E-state index in [0.717, 1.165) is 6.92 Å². The third-order valence-electron chi connectivity index (χ3n) is 5.08. The lowest BCUT2D eigenvalue weighted by Crippen LogP contribution is -2.52. The van der Waals surface area contributed by atoms with Crippen LogP contribution in [0.15, 0.2) is 51.9 Å². The Labute approximate surface area is 169 Å². The summed E-state index contributed by atoms with van der Waals surface area (Å²) in [5.41, 5.74) is 5.02. The first-order valence-corrected chi connectivity index (χ1v) is 9.31. The SMILES string of the molecule is CN1C(=O)[C@H](c2ccc(C(C)(F)F)cc2)[C@@](C)(c2cccc(Br)c2F)N=C1N. The van der Waals surface area contributed by atoms with Gasteiger partial charge in [-0.05, 0) is 34.5 Å². The maximum atomic E-state index is 14.9. The lowest BCUT2D eigenvalue weighted by Gasteiger charge is -2.41. The second-order valence-corrected chi connectivity index (χ2v) is 7.91. The Morgan fingerprint density at radius 2 is 1.82 bits per heavy atom. The minimum Gasteiger partial charge on any atom is -0.369 e. The molecule has 0 aliphatic carbocycles. The number of aliphatic imine (C=N–C) groups is 1. The zero-order valence-electron chi connectivity index (χ0n) is 15.5. The normalized spacial score (nSPS) is 23.0. The zero-order chi connectivity index (χ0) is 20.9. The molecule has 2 aromatic rings. The molecule has 28 heavy (non-hydrogen) atoms. The van der Waals surface area contributed by atoms with Crippen molar-refractivity contribution >= 4 is 27.8 Å². The van der Waals surface area contributed by atoms with Gasteiger partial charge in [0.05, 0.1) is 10.4 Å². The molecule has 1 aliphatic heterocycles. The fourth-order valence-electron chi connectivity index (χ4n) is 3.47. The maximum absolute atomic E-state index is 14.9. The van der Waals surface area contributed by atoms with E-state index in [-0.39, 0.29) is 21.6 Å². The van der Waals surface area contributed by atoms with Crippen molar-refractivity contribution in [1.29, 1.82) is 0 Å². The third-order valence-corrected chi connectivity index (χ3v) is 5.69. The van der Waals surface area contributed by atoms with Crippen LogP contribution in [0.1, 0.15) is 36.5 Å². The second kappa shape index (κ2) is 6.92. The minimum atomic E-state index is -3.01. The predicted octanol–water partition coefficient (Wildman–Crippen LogP) is 4.49. The Morgan fingerprint density at radius 1 is 1.21 bits per heavy atom. The number of rotatable bonds is 3. The van der Waals surface area contributed by atoms with Gasteiger partial charge in [-0.25, -0.2) is 18.2 Å². The summed E-state index contributed by atoms with van der Waals surface area (Å²) in [5, 5.41) is 0. The Balaban J connectivity index is 2.21. The number of carbonyl (C=O) groups is 1. The Bertz CT molecular complexity index is 956. The minimum absolute atomic E-state index is 0.0418. The van der Waals surface area contributed by atoms with Gasteiger partial charge in [0.1, 0.15) is 11.4 Å². The Hall–Kier alpha value is -2.35. The first kappa shape index (κ1) is 20.4. The standard InChI is InChI=1S/C20H19BrF3N3O/c1-19(13-5-4-6-14(21)16(13)22)15(17(28)27(3)18(25)26-19)11-7-9-12(10-8-11)20(2,23)24/h4-10,15H,1-3H3,(H2,25,26)/t15-,19+/m0/s1. The van der Waals surface area contributed by atoms with E-state index in [0.29, 0.717) is 5.56 Å². The summed E-state index contributed by atoms with van der Waals surface area (Å²) in [6, 6.07) is 10.2.